The van der Waals surface area contributed by atoms with Crippen LogP contribution in [0.25, 0.3) is 0 Å². The maximum atomic E-state index is 10.3. The van der Waals surface area contributed by atoms with E-state index in [1.54, 1.807) is 14.2 Å². The molecule has 0 heterocycles. The number of likely N-dealkylation sites (N-methyl/N-ethyl adjacent to an activating group) is 4. The molecule has 216 valence electrons. The summed E-state index contributed by atoms with van der Waals surface area (Å²) in [6, 6.07) is -0.758. The fourth-order valence-electron chi connectivity index (χ4n) is 2.23. The zero-order valence-electron chi connectivity index (χ0n) is 24.2. The van der Waals surface area contributed by atoms with Gasteiger partial charge in [-0.1, -0.05) is 27.7 Å². The second-order valence-electron chi connectivity index (χ2n) is 6.84. The molecule has 0 aromatic carbocycles. The van der Waals surface area contributed by atoms with E-state index in [2.05, 4.69) is 52.9 Å². The molecule has 0 amide bonds. The van der Waals surface area contributed by atoms with Gasteiger partial charge in [-0.15, -0.1) is 0 Å². The molecule has 0 saturated heterocycles. The van der Waals surface area contributed by atoms with Crippen molar-refractivity contribution in [2.45, 2.75) is 53.5 Å². The zero-order chi connectivity index (χ0) is 28.5. The third-order valence-electron chi connectivity index (χ3n) is 4.66. The molecule has 0 bridgehead atoms. The molecule has 0 rings (SSSR count). The van der Waals surface area contributed by atoms with E-state index < -0.39 is 18.0 Å². The van der Waals surface area contributed by atoms with E-state index in [-0.39, 0.29) is 12.8 Å². The molecule has 0 aliphatic heterocycles. The molecule has 1 unspecified atom stereocenters. The number of nitrogens with zero attached hydrogens (tertiary/aromatic N) is 2. The Kier molecular flexibility index (Phi) is 49.8. The number of carbonyl (C=O) groups is 2. The van der Waals surface area contributed by atoms with Crippen LogP contribution in [0.2, 0.25) is 0 Å². The highest BCUT2D eigenvalue weighted by Crippen LogP contribution is 1.96. The Balaban J connectivity index is -0.000000116. The van der Waals surface area contributed by atoms with Crippen molar-refractivity contribution in [2.24, 2.45) is 0 Å². The Hall–Kier alpha value is -1.34. The minimum absolute atomic E-state index is 0.112. The summed E-state index contributed by atoms with van der Waals surface area (Å²) >= 11 is 0. The number of hydrogen-bond acceptors (Lipinski definition) is 9. The van der Waals surface area contributed by atoms with Gasteiger partial charge in [0.2, 0.25) is 0 Å². The van der Waals surface area contributed by atoms with Gasteiger partial charge in [0, 0.05) is 54.0 Å². The summed E-state index contributed by atoms with van der Waals surface area (Å²) in [7, 11) is 7.90. The lowest BCUT2D eigenvalue weighted by molar-refractivity contribution is -0.140. The molecular formula is C24H58N4O7. The fraction of sp³-hybridized carbons (Fsp3) is 0.917. The summed E-state index contributed by atoms with van der Waals surface area (Å²) < 4.78 is 9.48. The summed E-state index contributed by atoms with van der Waals surface area (Å²) in [4.78, 5) is 25.0. The highest BCUT2D eigenvalue weighted by Gasteiger charge is 2.15. The van der Waals surface area contributed by atoms with E-state index in [0.29, 0.717) is 0 Å². The van der Waals surface area contributed by atoms with Gasteiger partial charge in [-0.3, -0.25) is 9.59 Å². The Labute approximate surface area is 215 Å². The third kappa shape index (κ3) is 43.2. The molecule has 0 saturated carbocycles. The largest absolute Gasteiger partial charge is 0.481 e. The molecule has 0 aromatic heterocycles. The van der Waals surface area contributed by atoms with E-state index >= 15 is 0 Å². The number of methoxy groups -OCH3 is 2. The summed E-state index contributed by atoms with van der Waals surface area (Å²) in [6.45, 7) is 20.3. The highest BCUT2D eigenvalue weighted by atomic mass is 16.5. The van der Waals surface area contributed by atoms with Crippen molar-refractivity contribution in [1.29, 1.82) is 0 Å². The van der Waals surface area contributed by atoms with Crippen molar-refractivity contribution in [3.8, 4) is 0 Å². The Morgan fingerprint density at radius 2 is 1.26 bits per heavy atom. The monoisotopic (exact) mass is 514 g/mol. The Morgan fingerprint density at radius 3 is 1.51 bits per heavy atom. The van der Waals surface area contributed by atoms with Crippen LogP contribution in [0.3, 0.4) is 0 Å². The molecular weight excluding hydrogens is 456 g/mol. The molecule has 0 aliphatic carbocycles. The number of nitrogens with one attached hydrogen (secondary N) is 2. The van der Waals surface area contributed by atoms with Crippen molar-refractivity contribution >= 4 is 11.9 Å². The number of aliphatic carboxylic acids is 2. The van der Waals surface area contributed by atoms with E-state index in [4.69, 9.17) is 20.1 Å². The molecule has 5 N–H and O–H groups in total. The highest BCUT2D eigenvalue weighted by molar-refractivity contribution is 5.74. The number of hydrogen-bond donors (Lipinski definition) is 5. The summed E-state index contributed by atoms with van der Waals surface area (Å²) in [6.07, 6.45) is -0.0149. The smallest absolute Gasteiger partial charge is 0.320 e. The van der Waals surface area contributed by atoms with Crippen molar-refractivity contribution in [3.63, 3.8) is 0 Å². The lowest BCUT2D eigenvalue weighted by Crippen LogP contribution is -2.34. The number of rotatable bonds is 16. The van der Waals surface area contributed by atoms with Gasteiger partial charge in [0.05, 0.1) is 6.61 Å². The third-order valence-corrected chi connectivity index (χ3v) is 4.66. The Morgan fingerprint density at radius 1 is 0.829 bits per heavy atom. The van der Waals surface area contributed by atoms with Gasteiger partial charge in [-0.2, -0.15) is 0 Å². The maximum absolute atomic E-state index is 10.3. The number of aliphatic hydroxyl groups is 1. The van der Waals surface area contributed by atoms with Crippen LogP contribution in [-0.2, 0) is 19.1 Å². The second-order valence-corrected chi connectivity index (χ2v) is 6.84. The van der Waals surface area contributed by atoms with E-state index in [9.17, 15) is 9.59 Å². The first-order valence-corrected chi connectivity index (χ1v) is 12.3. The van der Waals surface area contributed by atoms with Crippen LogP contribution in [0.15, 0.2) is 0 Å². The maximum Gasteiger partial charge on any atom is 0.320 e. The lowest BCUT2D eigenvalue weighted by atomic mass is 10.1. The topological polar surface area (TPSA) is 144 Å². The lowest BCUT2D eigenvalue weighted by Gasteiger charge is -2.16. The number of carboxylic acid groups (broad SMARTS) is 2. The van der Waals surface area contributed by atoms with Crippen LogP contribution in [0.5, 0.6) is 0 Å². The molecule has 0 spiro atoms. The standard InChI is InChI=1S/C7H18N2.C7H17NO.C6H11NO4.C3H8O.CH4O/c1-4-9(5-2)7-6-8-3;1-4-8(5-2)6-7-9-3;1-7-4(6(10)11)2-3-5(8)9;1-3-4-2;1-2/h8H,4-7H2,1-3H3;4-7H2,1-3H3;4,7H,2-3H2,1H3,(H,8,9)(H,10,11);3H2,1-2H3;2H,1H3. The van der Waals surface area contributed by atoms with Crippen LogP contribution >= 0.6 is 0 Å². The van der Waals surface area contributed by atoms with Gasteiger partial charge in [-0.05, 0) is 53.6 Å². The van der Waals surface area contributed by atoms with Gasteiger partial charge in [0.1, 0.15) is 6.04 Å². The van der Waals surface area contributed by atoms with Gasteiger partial charge >= 0.3 is 11.9 Å². The second kappa shape index (κ2) is 39.9. The Bertz CT molecular complexity index is 380. The van der Waals surface area contributed by atoms with Crippen LogP contribution in [0.1, 0.15) is 47.5 Å². The van der Waals surface area contributed by atoms with E-state index in [1.165, 1.54) is 13.6 Å². The minimum atomic E-state index is -1.02. The van der Waals surface area contributed by atoms with Crippen molar-refractivity contribution in [1.82, 2.24) is 20.4 Å². The van der Waals surface area contributed by atoms with Crippen LogP contribution < -0.4 is 10.6 Å². The van der Waals surface area contributed by atoms with E-state index in [1.807, 2.05) is 14.0 Å². The number of aliphatic hydroxyl groups excluding tert-OH is 1. The molecule has 0 aliphatic rings. The fourth-order valence-corrected chi connectivity index (χ4v) is 2.23. The van der Waals surface area contributed by atoms with Gasteiger partial charge in [0.25, 0.3) is 0 Å². The van der Waals surface area contributed by atoms with Gasteiger partial charge < -0.3 is 45.2 Å². The predicted octanol–water partition coefficient (Wildman–Crippen LogP) is 1.31. The van der Waals surface area contributed by atoms with Gasteiger partial charge in [0.15, 0.2) is 0 Å². The van der Waals surface area contributed by atoms with Gasteiger partial charge in [-0.25, -0.2) is 0 Å². The number of ether oxygens (including phenoxy) is 2. The first-order valence-electron chi connectivity index (χ1n) is 12.3. The zero-order valence-corrected chi connectivity index (χ0v) is 24.2. The summed E-state index contributed by atoms with van der Waals surface area (Å²) in [5, 5.41) is 29.3. The van der Waals surface area contributed by atoms with Crippen molar-refractivity contribution in [2.75, 3.05) is 94.5 Å². The first kappa shape index (κ1) is 43.7. The van der Waals surface area contributed by atoms with Crippen molar-refractivity contribution < 1.29 is 34.4 Å². The van der Waals surface area contributed by atoms with Crippen LogP contribution in [0.4, 0.5) is 0 Å². The molecule has 0 fully saturated rings. The average Bonchev–Trinajstić information content (AvgIpc) is 2.87. The van der Waals surface area contributed by atoms with E-state index in [0.717, 1.165) is 59.6 Å². The summed E-state index contributed by atoms with van der Waals surface area (Å²) in [5.41, 5.74) is 0. The number of carboxylic acids is 2. The summed E-state index contributed by atoms with van der Waals surface area (Å²) in [5.74, 6) is -2.00. The predicted molar refractivity (Wildman–Crippen MR) is 144 cm³/mol. The first-order chi connectivity index (χ1) is 16.7. The molecule has 11 nitrogen and oxygen atoms in total. The van der Waals surface area contributed by atoms with Crippen molar-refractivity contribution in [3.05, 3.63) is 0 Å². The molecule has 0 aromatic rings. The SMILES string of the molecule is CCN(CC)CCNC.CCN(CC)CCOC.CCOC.CNC(CCC(=O)O)C(=O)O.CO. The minimum Gasteiger partial charge on any atom is -0.481 e. The normalized spacial score (nSPS) is 10.4. The van der Waals surface area contributed by atoms with Crippen LogP contribution in [0, 0.1) is 0 Å². The van der Waals surface area contributed by atoms with Crippen LogP contribution in [-0.4, -0.2) is 138 Å². The average molecular weight is 515 g/mol. The molecule has 1 atom stereocenters. The molecule has 11 heteroatoms. The molecule has 35 heavy (non-hydrogen) atoms. The molecule has 0 radical (unpaired) electrons. The quantitative estimate of drug-likeness (QED) is 0.203.